The molecule has 162 valence electrons. The minimum atomic E-state index is -0.476. The smallest absolute Gasteiger partial charge is 0.321 e. The zero-order valence-electron chi connectivity index (χ0n) is 17.0. The van der Waals surface area contributed by atoms with E-state index in [2.05, 4.69) is 20.8 Å². The van der Waals surface area contributed by atoms with Gasteiger partial charge in [-0.25, -0.2) is 4.79 Å². The first-order valence-corrected chi connectivity index (χ1v) is 10.2. The highest BCUT2D eigenvalue weighted by molar-refractivity contribution is 6.31. The molecule has 0 unspecified atom stereocenters. The minimum absolute atomic E-state index is 0.134. The third-order valence-corrected chi connectivity index (χ3v) is 4.97. The number of nitrogens with one attached hydrogen (secondary N) is 2. The van der Waals surface area contributed by atoms with Crippen LogP contribution in [0.15, 0.2) is 47.0 Å². The number of aromatic nitrogens is 2. The molecular weight excluding hydrogens is 441 g/mol. The Bertz CT molecular complexity index is 1070. The maximum Gasteiger partial charge on any atom is 0.321 e. The first kappa shape index (κ1) is 22.6. The number of carbonyl (C=O) groups is 2. The second-order valence-electron chi connectivity index (χ2n) is 6.89. The van der Waals surface area contributed by atoms with Crippen molar-refractivity contribution in [2.45, 2.75) is 19.9 Å². The molecule has 8 nitrogen and oxygen atoms in total. The summed E-state index contributed by atoms with van der Waals surface area (Å²) in [5.74, 6) is -0.280. The van der Waals surface area contributed by atoms with E-state index in [1.54, 1.807) is 31.3 Å². The molecule has 3 rings (SSSR count). The first-order chi connectivity index (χ1) is 14.8. The normalized spacial score (nSPS) is 10.6. The molecule has 0 bridgehead atoms. The highest BCUT2D eigenvalue weighted by Crippen LogP contribution is 2.20. The van der Waals surface area contributed by atoms with Crippen molar-refractivity contribution >= 4 is 40.8 Å². The number of amides is 3. The van der Waals surface area contributed by atoms with Crippen LogP contribution >= 0.6 is 23.2 Å². The molecule has 0 fully saturated rings. The number of carbonyl (C=O) groups excluding carboxylic acids is 2. The van der Waals surface area contributed by atoms with E-state index in [0.29, 0.717) is 41.1 Å². The lowest BCUT2D eigenvalue weighted by molar-refractivity contribution is 0.0907. The lowest BCUT2D eigenvalue weighted by atomic mass is 10.2. The molecule has 1 heterocycles. The van der Waals surface area contributed by atoms with E-state index in [1.807, 2.05) is 25.1 Å². The summed E-state index contributed by atoms with van der Waals surface area (Å²) in [6.07, 6.45) is 0.326. The summed E-state index contributed by atoms with van der Waals surface area (Å²) in [5, 5.41) is 10.5. The Hall–Kier alpha value is -3.10. The van der Waals surface area contributed by atoms with Gasteiger partial charge < -0.3 is 20.1 Å². The number of hydrogen-bond acceptors (Lipinski definition) is 5. The fourth-order valence-corrected chi connectivity index (χ4v) is 2.91. The van der Waals surface area contributed by atoms with Crippen LogP contribution in [0.1, 0.15) is 27.6 Å². The topological polar surface area (TPSA) is 100 Å². The molecule has 0 saturated carbocycles. The van der Waals surface area contributed by atoms with Gasteiger partial charge in [0.15, 0.2) is 5.82 Å². The standard InChI is InChI=1S/C21H21Cl2N5O3/c1-13-3-6-16(23)11-17(13)25-21(30)28(2)10-9-18-26-20(31-27-18)19(29)24-12-14-4-7-15(22)8-5-14/h3-8,11H,9-10,12H2,1-2H3,(H,24,29)(H,25,30). The van der Waals surface area contributed by atoms with E-state index in [4.69, 9.17) is 27.7 Å². The largest absolute Gasteiger partial charge is 0.344 e. The molecule has 0 aliphatic rings. The Kier molecular flexibility index (Phi) is 7.49. The SMILES string of the molecule is Cc1ccc(Cl)cc1NC(=O)N(C)CCc1noc(C(=O)NCc2ccc(Cl)cc2)n1. The van der Waals surface area contributed by atoms with Crippen LogP contribution in [0.2, 0.25) is 10.0 Å². The van der Waals surface area contributed by atoms with Crippen molar-refractivity contribution in [2.75, 3.05) is 18.9 Å². The second-order valence-corrected chi connectivity index (χ2v) is 7.76. The van der Waals surface area contributed by atoms with Crippen LogP contribution in [0.25, 0.3) is 0 Å². The average Bonchev–Trinajstić information content (AvgIpc) is 3.23. The lowest BCUT2D eigenvalue weighted by Gasteiger charge is -2.18. The highest BCUT2D eigenvalue weighted by Gasteiger charge is 2.16. The predicted molar refractivity (Wildman–Crippen MR) is 118 cm³/mol. The third kappa shape index (κ3) is 6.44. The molecule has 10 heteroatoms. The molecule has 0 saturated heterocycles. The van der Waals surface area contributed by atoms with Crippen molar-refractivity contribution in [3.63, 3.8) is 0 Å². The van der Waals surface area contributed by atoms with Gasteiger partial charge in [-0.15, -0.1) is 0 Å². The second kappa shape index (κ2) is 10.3. The maximum atomic E-state index is 12.4. The van der Waals surface area contributed by atoms with Gasteiger partial charge in [0.05, 0.1) is 0 Å². The summed E-state index contributed by atoms with van der Waals surface area (Å²) in [4.78, 5) is 30.1. The maximum absolute atomic E-state index is 12.4. The Morgan fingerprint density at radius 1 is 1.10 bits per heavy atom. The Morgan fingerprint density at radius 2 is 1.81 bits per heavy atom. The fourth-order valence-electron chi connectivity index (χ4n) is 2.62. The Labute approximate surface area is 189 Å². The quantitative estimate of drug-likeness (QED) is 0.545. The summed E-state index contributed by atoms with van der Waals surface area (Å²) in [5.41, 5.74) is 2.43. The molecule has 3 amide bonds. The van der Waals surface area contributed by atoms with E-state index < -0.39 is 5.91 Å². The van der Waals surface area contributed by atoms with Crippen LogP contribution in [0.5, 0.6) is 0 Å². The molecule has 31 heavy (non-hydrogen) atoms. The van der Waals surface area contributed by atoms with Crippen molar-refractivity contribution in [3.05, 3.63) is 75.4 Å². The summed E-state index contributed by atoms with van der Waals surface area (Å²) in [6.45, 7) is 2.52. The molecule has 0 aliphatic carbocycles. The van der Waals surface area contributed by atoms with E-state index in [0.717, 1.165) is 11.1 Å². The number of halogens is 2. The van der Waals surface area contributed by atoms with Crippen LogP contribution in [-0.4, -0.2) is 40.6 Å². The Morgan fingerprint density at radius 3 is 2.55 bits per heavy atom. The van der Waals surface area contributed by atoms with Crippen molar-refractivity contribution in [2.24, 2.45) is 0 Å². The summed E-state index contributed by atoms with van der Waals surface area (Å²) < 4.78 is 5.02. The number of rotatable bonds is 7. The van der Waals surface area contributed by atoms with E-state index in [9.17, 15) is 9.59 Å². The van der Waals surface area contributed by atoms with Crippen molar-refractivity contribution in [1.29, 1.82) is 0 Å². The number of anilines is 1. The number of likely N-dealkylation sites (N-methyl/N-ethyl adjacent to an activating group) is 1. The van der Waals surface area contributed by atoms with E-state index in [1.165, 1.54) is 4.90 Å². The number of urea groups is 1. The molecule has 1 aromatic heterocycles. The molecule has 0 spiro atoms. The molecule has 3 aromatic rings. The Balaban J connectivity index is 1.48. The number of benzene rings is 2. The number of nitrogens with zero attached hydrogens (tertiary/aromatic N) is 3. The van der Waals surface area contributed by atoms with Crippen LogP contribution in [0.3, 0.4) is 0 Å². The van der Waals surface area contributed by atoms with Crippen molar-refractivity contribution in [3.8, 4) is 0 Å². The zero-order valence-corrected chi connectivity index (χ0v) is 18.5. The lowest BCUT2D eigenvalue weighted by Crippen LogP contribution is -2.33. The molecule has 2 aromatic carbocycles. The molecule has 0 aliphatic heterocycles. The van der Waals surface area contributed by atoms with Gasteiger partial charge in [-0.3, -0.25) is 4.79 Å². The van der Waals surface area contributed by atoms with Gasteiger partial charge in [0.1, 0.15) is 0 Å². The third-order valence-electron chi connectivity index (χ3n) is 4.49. The van der Waals surface area contributed by atoms with E-state index in [-0.39, 0.29) is 11.9 Å². The number of hydrogen-bond donors (Lipinski definition) is 2. The van der Waals surface area contributed by atoms with Crippen molar-refractivity contribution < 1.29 is 14.1 Å². The first-order valence-electron chi connectivity index (χ1n) is 9.45. The molecule has 0 atom stereocenters. The van der Waals surface area contributed by atoms with Gasteiger partial charge in [-0.05, 0) is 42.3 Å². The van der Waals surface area contributed by atoms with Crippen LogP contribution in [0.4, 0.5) is 10.5 Å². The predicted octanol–water partition coefficient (Wildman–Crippen LogP) is 4.32. The van der Waals surface area contributed by atoms with Gasteiger partial charge in [0, 0.05) is 42.3 Å². The van der Waals surface area contributed by atoms with Gasteiger partial charge in [-0.1, -0.05) is 46.6 Å². The number of aryl methyl sites for hydroxylation is 1. The van der Waals surface area contributed by atoms with Gasteiger partial charge >= 0.3 is 17.8 Å². The molecular formula is C21H21Cl2N5O3. The van der Waals surface area contributed by atoms with Crippen molar-refractivity contribution in [1.82, 2.24) is 20.4 Å². The highest BCUT2D eigenvalue weighted by atomic mass is 35.5. The summed E-state index contributed by atoms with van der Waals surface area (Å²) in [7, 11) is 1.65. The van der Waals surface area contributed by atoms with Gasteiger partial charge in [0.25, 0.3) is 0 Å². The van der Waals surface area contributed by atoms with Crippen LogP contribution in [0, 0.1) is 6.92 Å². The van der Waals surface area contributed by atoms with Crippen LogP contribution < -0.4 is 10.6 Å². The van der Waals surface area contributed by atoms with Gasteiger partial charge in [0.2, 0.25) is 0 Å². The zero-order chi connectivity index (χ0) is 22.4. The monoisotopic (exact) mass is 461 g/mol. The van der Waals surface area contributed by atoms with Crippen LogP contribution in [-0.2, 0) is 13.0 Å². The average molecular weight is 462 g/mol. The molecule has 0 radical (unpaired) electrons. The summed E-state index contributed by atoms with van der Waals surface area (Å²) in [6, 6.07) is 12.1. The summed E-state index contributed by atoms with van der Waals surface area (Å²) >= 11 is 11.8. The molecule has 2 N–H and O–H groups in total. The van der Waals surface area contributed by atoms with Gasteiger partial charge in [-0.2, -0.15) is 4.98 Å². The fraction of sp³-hybridized carbons (Fsp3) is 0.238. The minimum Gasteiger partial charge on any atom is -0.344 e. The van der Waals surface area contributed by atoms with E-state index >= 15 is 0 Å².